The van der Waals surface area contributed by atoms with Gasteiger partial charge in [-0.25, -0.2) is 12.8 Å². The molecule has 96 valence electrons. The highest BCUT2D eigenvalue weighted by Crippen LogP contribution is 2.28. The van der Waals surface area contributed by atoms with Crippen molar-refractivity contribution in [1.82, 2.24) is 0 Å². The van der Waals surface area contributed by atoms with Gasteiger partial charge in [0.25, 0.3) is 0 Å². The molecule has 0 bridgehead atoms. The van der Waals surface area contributed by atoms with Crippen LogP contribution in [-0.4, -0.2) is 26.0 Å². The van der Waals surface area contributed by atoms with Gasteiger partial charge in [0, 0.05) is 6.04 Å². The Morgan fingerprint density at radius 1 is 1.50 bits per heavy atom. The number of sulfone groups is 1. The van der Waals surface area contributed by atoms with Gasteiger partial charge in [-0.3, -0.25) is 0 Å². The number of anilines is 1. The van der Waals surface area contributed by atoms with Crippen molar-refractivity contribution in [3.05, 3.63) is 28.0 Å². The largest absolute Gasteiger partial charge is 0.379 e. The Bertz CT molecular complexity index is 625. The van der Waals surface area contributed by atoms with E-state index in [0.29, 0.717) is 6.42 Å². The first kappa shape index (κ1) is 13.3. The van der Waals surface area contributed by atoms with Crippen LogP contribution in [0.15, 0.2) is 16.6 Å². The molecule has 2 rings (SSSR count). The van der Waals surface area contributed by atoms with Crippen molar-refractivity contribution >= 4 is 31.5 Å². The van der Waals surface area contributed by atoms with Crippen LogP contribution in [0.3, 0.4) is 0 Å². The first-order valence-corrected chi connectivity index (χ1v) is 7.89. The molecule has 18 heavy (non-hydrogen) atoms. The average Bonchev–Trinajstić information content (AvgIpc) is 2.65. The Balaban J connectivity index is 2.22. The maximum absolute atomic E-state index is 13.9. The third-order valence-corrected chi connectivity index (χ3v) is 5.34. The quantitative estimate of drug-likeness (QED) is 0.899. The summed E-state index contributed by atoms with van der Waals surface area (Å²) >= 11 is 3.01. The van der Waals surface area contributed by atoms with Crippen molar-refractivity contribution in [3.8, 4) is 6.07 Å². The molecule has 0 aliphatic carbocycles. The van der Waals surface area contributed by atoms with Gasteiger partial charge in [0.05, 0.1) is 27.2 Å². The SMILES string of the molecule is N#Cc1ccc(NC2CCS(=O)(=O)C2)c(F)c1Br. The zero-order valence-corrected chi connectivity index (χ0v) is 11.7. The number of nitrogens with zero attached hydrogens (tertiary/aromatic N) is 1. The molecular formula is C11H10BrFN2O2S. The minimum atomic E-state index is -3.00. The van der Waals surface area contributed by atoms with Crippen LogP contribution in [-0.2, 0) is 9.84 Å². The summed E-state index contributed by atoms with van der Waals surface area (Å²) in [7, 11) is -3.00. The van der Waals surface area contributed by atoms with Crippen molar-refractivity contribution in [3.63, 3.8) is 0 Å². The van der Waals surface area contributed by atoms with Crippen LogP contribution < -0.4 is 5.32 Å². The van der Waals surface area contributed by atoms with Crippen LogP contribution in [0.25, 0.3) is 0 Å². The molecule has 1 aliphatic heterocycles. The third kappa shape index (κ3) is 2.65. The number of nitriles is 1. The van der Waals surface area contributed by atoms with E-state index in [9.17, 15) is 12.8 Å². The molecule has 0 radical (unpaired) electrons. The Kier molecular flexibility index (Phi) is 3.59. The van der Waals surface area contributed by atoms with E-state index >= 15 is 0 Å². The zero-order valence-electron chi connectivity index (χ0n) is 9.28. The lowest BCUT2D eigenvalue weighted by Crippen LogP contribution is -2.21. The van der Waals surface area contributed by atoms with Gasteiger partial charge in [0.2, 0.25) is 0 Å². The van der Waals surface area contributed by atoms with Crippen LogP contribution >= 0.6 is 15.9 Å². The fourth-order valence-corrected chi connectivity index (χ4v) is 3.98. The van der Waals surface area contributed by atoms with Crippen molar-refractivity contribution in [2.75, 3.05) is 16.8 Å². The van der Waals surface area contributed by atoms with Gasteiger partial charge in [-0.05, 0) is 34.5 Å². The topological polar surface area (TPSA) is 70.0 Å². The summed E-state index contributed by atoms with van der Waals surface area (Å²) in [6.07, 6.45) is 0.472. The Morgan fingerprint density at radius 2 is 2.22 bits per heavy atom. The fourth-order valence-electron chi connectivity index (χ4n) is 1.88. The first-order chi connectivity index (χ1) is 8.43. The lowest BCUT2D eigenvalue weighted by atomic mass is 10.2. The van der Waals surface area contributed by atoms with Crippen LogP contribution in [0.1, 0.15) is 12.0 Å². The zero-order chi connectivity index (χ0) is 13.3. The van der Waals surface area contributed by atoms with Crippen molar-refractivity contribution < 1.29 is 12.8 Å². The molecular weight excluding hydrogens is 323 g/mol. The number of hydrogen-bond acceptors (Lipinski definition) is 4. The smallest absolute Gasteiger partial charge is 0.161 e. The fraction of sp³-hybridized carbons (Fsp3) is 0.364. The molecule has 1 unspecified atom stereocenters. The Hall–Kier alpha value is -1.13. The molecule has 1 N–H and O–H groups in total. The predicted molar refractivity (Wildman–Crippen MR) is 69.5 cm³/mol. The Morgan fingerprint density at radius 3 is 2.78 bits per heavy atom. The monoisotopic (exact) mass is 332 g/mol. The number of hydrogen-bond donors (Lipinski definition) is 1. The van der Waals surface area contributed by atoms with Crippen molar-refractivity contribution in [2.24, 2.45) is 0 Å². The normalized spacial score (nSPS) is 21.5. The number of nitrogens with one attached hydrogen (secondary N) is 1. The third-order valence-electron chi connectivity index (χ3n) is 2.79. The van der Waals surface area contributed by atoms with Gasteiger partial charge in [0.1, 0.15) is 6.07 Å². The van der Waals surface area contributed by atoms with Gasteiger partial charge in [0.15, 0.2) is 15.7 Å². The molecule has 0 amide bonds. The summed E-state index contributed by atoms with van der Waals surface area (Å²) in [5, 5.41) is 11.6. The maximum Gasteiger partial charge on any atom is 0.161 e. The molecule has 0 saturated carbocycles. The van der Waals surface area contributed by atoms with Gasteiger partial charge >= 0.3 is 0 Å². The van der Waals surface area contributed by atoms with E-state index < -0.39 is 15.7 Å². The van der Waals surface area contributed by atoms with E-state index in [2.05, 4.69) is 21.2 Å². The second kappa shape index (κ2) is 4.86. The van der Waals surface area contributed by atoms with E-state index in [1.807, 2.05) is 6.07 Å². The van der Waals surface area contributed by atoms with Crippen molar-refractivity contribution in [1.29, 1.82) is 5.26 Å². The van der Waals surface area contributed by atoms with E-state index in [1.165, 1.54) is 12.1 Å². The summed E-state index contributed by atoms with van der Waals surface area (Å²) < 4.78 is 36.6. The summed E-state index contributed by atoms with van der Waals surface area (Å²) in [6.45, 7) is 0. The van der Waals surface area contributed by atoms with E-state index in [-0.39, 0.29) is 33.3 Å². The molecule has 1 aromatic carbocycles. The Labute approximate surface area is 113 Å². The maximum atomic E-state index is 13.9. The second-order valence-electron chi connectivity index (χ2n) is 4.14. The van der Waals surface area contributed by atoms with Crippen LogP contribution in [0.4, 0.5) is 10.1 Å². The highest BCUT2D eigenvalue weighted by atomic mass is 79.9. The number of rotatable bonds is 2. The van der Waals surface area contributed by atoms with Gasteiger partial charge < -0.3 is 5.32 Å². The summed E-state index contributed by atoms with van der Waals surface area (Å²) in [5.41, 5.74) is 0.417. The highest BCUT2D eigenvalue weighted by molar-refractivity contribution is 9.10. The van der Waals surface area contributed by atoms with Crippen LogP contribution in [0.2, 0.25) is 0 Å². The first-order valence-electron chi connectivity index (χ1n) is 5.28. The van der Waals surface area contributed by atoms with E-state index in [0.717, 1.165) is 0 Å². The standard InChI is InChI=1S/C11H10BrFN2O2S/c12-10-7(5-14)1-2-9(11(10)13)15-8-3-4-18(16,17)6-8/h1-2,8,15H,3-4,6H2. The summed E-state index contributed by atoms with van der Waals surface area (Å²) in [5.74, 6) is -0.424. The van der Waals surface area contributed by atoms with Crippen LogP contribution in [0.5, 0.6) is 0 Å². The number of halogens is 2. The molecule has 1 aromatic rings. The van der Waals surface area contributed by atoms with E-state index in [4.69, 9.17) is 5.26 Å². The van der Waals surface area contributed by atoms with Crippen LogP contribution in [0, 0.1) is 17.1 Å². The predicted octanol–water partition coefficient (Wildman–Crippen LogP) is 2.06. The second-order valence-corrected chi connectivity index (χ2v) is 7.17. The minimum absolute atomic E-state index is 0.0179. The average molecular weight is 333 g/mol. The minimum Gasteiger partial charge on any atom is -0.379 e. The van der Waals surface area contributed by atoms with E-state index in [1.54, 1.807) is 0 Å². The van der Waals surface area contributed by atoms with Gasteiger partial charge in [-0.15, -0.1) is 0 Å². The molecule has 1 heterocycles. The lowest BCUT2D eigenvalue weighted by molar-refractivity contribution is 0.601. The molecule has 1 fully saturated rings. The summed E-state index contributed by atoms with van der Waals surface area (Å²) in [4.78, 5) is 0. The highest BCUT2D eigenvalue weighted by Gasteiger charge is 2.28. The lowest BCUT2D eigenvalue weighted by Gasteiger charge is -2.14. The van der Waals surface area contributed by atoms with Crippen molar-refractivity contribution in [2.45, 2.75) is 12.5 Å². The molecule has 7 heteroatoms. The molecule has 4 nitrogen and oxygen atoms in total. The molecule has 1 aliphatic rings. The summed E-state index contributed by atoms with van der Waals surface area (Å²) in [6, 6.07) is 4.52. The molecule has 1 atom stereocenters. The number of benzene rings is 1. The molecule has 1 saturated heterocycles. The van der Waals surface area contributed by atoms with Gasteiger partial charge in [-0.2, -0.15) is 5.26 Å². The van der Waals surface area contributed by atoms with Gasteiger partial charge in [-0.1, -0.05) is 0 Å². The molecule has 0 aromatic heterocycles. The molecule has 0 spiro atoms.